The van der Waals surface area contributed by atoms with Gasteiger partial charge in [0.05, 0.1) is 12.7 Å². The van der Waals surface area contributed by atoms with E-state index in [1.807, 2.05) is 13.8 Å². The van der Waals surface area contributed by atoms with Crippen molar-refractivity contribution in [2.75, 3.05) is 20.8 Å². The number of aromatic nitrogens is 2. The lowest BCUT2D eigenvalue weighted by atomic mass is 10.1. The Labute approximate surface area is 142 Å². The number of hydrogen-bond donors (Lipinski definition) is 2. The normalized spacial score (nSPS) is 23.2. The molecule has 3 unspecified atom stereocenters. The summed E-state index contributed by atoms with van der Waals surface area (Å²) < 4.78 is 16.9. The van der Waals surface area contributed by atoms with Crippen molar-refractivity contribution in [1.29, 1.82) is 0 Å². The predicted octanol–water partition coefficient (Wildman–Crippen LogP) is 1.72. The second-order valence-corrected chi connectivity index (χ2v) is 6.75. The first-order chi connectivity index (χ1) is 11.5. The van der Waals surface area contributed by atoms with Crippen LogP contribution in [0.1, 0.15) is 38.3 Å². The number of nitrogens with one attached hydrogen (secondary N) is 1. The van der Waals surface area contributed by atoms with Crippen molar-refractivity contribution in [3.05, 3.63) is 32.6 Å². The second-order valence-electron chi connectivity index (χ2n) is 5.32. The van der Waals surface area contributed by atoms with Gasteiger partial charge >= 0.3 is 14.3 Å². The van der Waals surface area contributed by atoms with Crippen molar-refractivity contribution in [1.82, 2.24) is 9.55 Å². The summed E-state index contributed by atoms with van der Waals surface area (Å²) in [7, 11) is 1.58. The van der Waals surface area contributed by atoms with Gasteiger partial charge < -0.3 is 18.7 Å². The van der Waals surface area contributed by atoms with Gasteiger partial charge in [-0.25, -0.2) is 4.79 Å². The fraction of sp³-hybridized carbons (Fsp3) is 0.733. The Hall–Kier alpha value is -1.05. The van der Waals surface area contributed by atoms with E-state index in [4.69, 9.17) is 13.6 Å². The molecule has 2 rings (SSSR count). The third kappa shape index (κ3) is 5.22. The third-order valence-corrected chi connectivity index (χ3v) is 4.82. The van der Waals surface area contributed by atoms with Gasteiger partial charge in [-0.3, -0.25) is 14.3 Å². The van der Waals surface area contributed by atoms with E-state index in [2.05, 4.69) is 4.98 Å². The van der Waals surface area contributed by atoms with E-state index in [1.165, 1.54) is 18.8 Å². The molecule has 1 fully saturated rings. The highest BCUT2D eigenvalue weighted by Crippen LogP contribution is 2.41. The maximum atomic E-state index is 11.9. The summed E-state index contributed by atoms with van der Waals surface area (Å²) in [5, 5.41) is 10.2. The SMILES string of the molecule is CC.COP(OC)OCC1CC(n2cc(C)c(=O)[nH]c2=O)CC1O. The molecule has 0 spiro atoms. The van der Waals surface area contributed by atoms with Crippen LogP contribution in [0.2, 0.25) is 0 Å². The zero-order chi connectivity index (χ0) is 18.3. The molecule has 138 valence electrons. The molecular weight excluding hydrogens is 335 g/mol. The van der Waals surface area contributed by atoms with Crippen molar-refractivity contribution in [3.8, 4) is 0 Å². The predicted molar refractivity (Wildman–Crippen MR) is 92.1 cm³/mol. The van der Waals surface area contributed by atoms with Crippen LogP contribution in [0, 0.1) is 12.8 Å². The van der Waals surface area contributed by atoms with Crippen molar-refractivity contribution in [2.24, 2.45) is 5.92 Å². The monoisotopic (exact) mass is 362 g/mol. The molecule has 0 saturated heterocycles. The van der Waals surface area contributed by atoms with E-state index < -0.39 is 20.4 Å². The minimum absolute atomic E-state index is 0.112. The molecule has 0 amide bonds. The highest BCUT2D eigenvalue weighted by Gasteiger charge is 2.35. The van der Waals surface area contributed by atoms with Gasteiger partial charge in [0.25, 0.3) is 5.56 Å². The van der Waals surface area contributed by atoms with Crippen molar-refractivity contribution < 1.29 is 18.7 Å². The number of aliphatic hydroxyl groups excluding tert-OH is 1. The topological polar surface area (TPSA) is 103 Å². The molecule has 1 saturated carbocycles. The number of H-pyrrole nitrogens is 1. The number of aliphatic hydroxyl groups is 1. The summed E-state index contributed by atoms with van der Waals surface area (Å²) in [6.45, 7) is 5.94. The zero-order valence-electron chi connectivity index (χ0n) is 14.8. The average Bonchev–Trinajstić information content (AvgIpc) is 2.94. The summed E-state index contributed by atoms with van der Waals surface area (Å²) >= 11 is 0. The molecule has 1 aromatic heterocycles. The molecule has 2 N–H and O–H groups in total. The van der Waals surface area contributed by atoms with Crippen LogP contribution >= 0.6 is 8.60 Å². The Morgan fingerprint density at radius 2 is 1.92 bits per heavy atom. The van der Waals surface area contributed by atoms with E-state index >= 15 is 0 Å². The summed E-state index contributed by atoms with van der Waals surface area (Å²) in [4.78, 5) is 25.6. The molecule has 8 nitrogen and oxygen atoms in total. The highest BCUT2D eigenvalue weighted by molar-refractivity contribution is 7.41. The molecule has 1 heterocycles. The summed E-state index contributed by atoms with van der Waals surface area (Å²) in [6.07, 6.45) is 1.99. The van der Waals surface area contributed by atoms with Crippen LogP contribution < -0.4 is 11.2 Å². The number of aromatic amines is 1. The van der Waals surface area contributed by atoms with E-state index in [1.54, 1.807) is 13.1 Å². The molecule has 1 aliphatic rings. The fourth-order valence-corrected chi connectivity index (χ4v) is 3.35. The summed E-state index contributed by atoms with van der Waals surface area (Å²) in [5.74, 6) is -0.112. The molecule has 1 aliphatic carbocycles. The standard InChI is InChI=1S/C13H21N2O6P.C2H6/c1-8-6-15(13(18)14-12(8)17)10-4-9(11(16)5-10)7-21-22(19-2)20-3;1-2/h6,9-11,16H,4-5,7H2,1-3H3,(H,14,17,18);1-2H3. The van der Waals surface area contributed by atoms with Crippen LogP contribution in [0.5, 0.6) is 0 Å². The first kappa shape index (κ1) is 21.0. The van der Waals surface area contributed by atoms with Crippen molar-refractivity contribution in [3.63, 3.8) is 0 Å². The van der Waals surface area contributed by atoms with Crippen LogP contribution in [0.15, 0.2) is 15.8 Å². The van der Waals surface area contributed by atoms with Gasteiger partial charge in [0, 0.05) is 37.9 Å². The van der Waals surface area contributed by atoms with E-state index in [0.717, 1.165) is 0 Å². The van der Waals surface area contributed by atoms with Crippen LogP contribution in [0.3, 0.4) is 0 Å². The Morgan fingerprint density at radius 1 is 1.29 bits per heavy atom. The van der Waals surface area contributed by atoms with Gasteiger partial charge in [-0.1, -0.05) is 13.8 Å². The molecular formula is C15H27N2O6P. The molecule has 0 aliphatic heterocycles. The van der Waals surface area contributed by atoms with Crippen LogP contribution in [-0.4, -0.2) is 41.6 Å². The number of rotatable bonds is 6. The molecule has 0 radical (unpaired) electrons. The third-order valence-electron chi connectivity index (χ3n) is 3.86. The van der Waals surface area contributed by atoms with Crippen molar-refractivity contribution in [2.45, 2.75) is 45.8 Å². The second kappa shape index (κ2) is 10.1. The Morgan fingerprint density at radius 3 is 2.50 bits per heavy atom. The quantitative estimate of drug-likeness (QED) is 0.747. The molecule has 0 aromatic carbocycles. The van der Waals surface area contributed by atoms with Crippen LogP contribution in [-0.2, 0) is 13.6 Å². The molecule has 3 atom stereocenters. The lowest BCUT2D eigenvalue weighted by Gasteiger charge is -2.17. The van der Waals surface area contributed by atoms with Gasteiger partial charge in [0.2, 0.25) is 0 Å². The fourth-order valence-electron chi connectivity index (χ4n) is 2.67. The maximum Gasteiger partial charge on any atom is 0.332 e. The Kier molecular flexibility index (Phi) is 8.80. The van der Waals surface area contributed by atoms with Gasteiger partial charge in [0.1, 0.15) is 0 Å². The number of hydrogen-bond acceptors (Lipinski definition) is 6. The maximum absolute atomic E-state index is 11.9. The van der Waals surface area contributed by atoms with Crippen LogP contribution in [0.25, 0.3) is 0 Å². The minimum Gasteiger partial charge on any atom is -0.393 e. The molecule has 9 heteroatoms. The lowest BCUT2D eigenvalue weighted by molar-refractivity contribution is 0.0884. The number of aryl methyl sites for hydroxylation is 1. The van der Waals surface area contributed by atoms with Gasteiger partial charge in [-0.05, 0) is 19.8 Å². The molecule has 0 bridgehead atoms. The molecule has 24 heavy (non-hydrogen) atoms. The highest BCUT2D eigenvalue weighted by atomic mass is 31.2. The largest absolute Gasteiger partial charge is 0.393 e. The van der Waals surface area contributed by atoms with Gasteiger partial charge in [-0.15, -0.1) is 0 Å². The lowest BCUT2D eigenvalue weighted by Crippen LogP contribution is -2.32. The average molecular weight is 362 g/mol. The minimum atomic E-state index is -1.40. The summed E-state index contributed by atoms with van der Waals surface area (Å²) in [6, 6.07) is -0.164. The zero-order valence-corrected chi connectivity index (χ0v) is 15.7. The number of nitrogens with zero attached hydrogens (tertiary/aromatic N) is 1. The first-order valence-electron chi connectivity index (χ1n) is 7.97. The van der Waals surface area contributed by atoms with E-state index in [0.29, 0.717) is 25.0 Å². The van der Waals surface area contributed by atoms with Gasteiger partial charge in [0.15, 0.2) is 0 Å². The summed E-state index contributed by atoms with van der Waals surface area (Å²) in [5.41, 5.74) is -0.369. The van der Waals surface area contributed by atoms with E-state index in [9.17, 15) is 14.7 Å². The Balaban J connectivity index is 0.00000139. The van der Waals surface area contributed by atoms with Crippen LogP contribution in [0.4, 0.5) is 0 Å². The smallest absolute Gasteiger partial charge is 0.332 e. The molecule has 1 aromatic rings. The van der Waals surface area contributed by atoms with Gasteiger partial charge in [-0.2, -0.15) is 0 Å². The first-order valence-corrected chi connectivity index (χ1v) is 9.07. The van der Waals surface area contributed by atoms with Crippen molar-refractivity contribution >= 4 is 8.60 Å². The Bertz CT molecular complexity index is 613. The van der Waals surface area contributed by atoms with E-state index in [-0.39, 0.29) is 17.5 Å².